The van der Waals surface area contributed by atoms with E-state index in [0.29, 0.717) is 11.9 Å². The van der Waals surface area contributed by atoms with Gasteiger partial charge in [-0.05, 0) is 30.5 Å². The number of nitrogens with zero attached hydrogens (tertiary/aromatic N) is 2. The van der Waals surface area contributed by atoms with Crippen LogP contribution in [0.1, 0.15) is 24.1 Å². The van der Waals surface area contributed by atoms with E-state index in [-0.39, 0.29) is 0 Å². The van der Waals surface area contributed by atoms with Crippen molar-refractivity contribution in [2.75, 3.05) is 12.8 Å². The number of hydrogen-bond donors (Lipinski definition) is 1. The Kier molecular flexibility index (Phi) is 4.06. The molecule has 0 aliphatic heterocycles. The first-order valence-electron chi connectivity index (χ1n) is 7.33. The molecule has 1 aliphatic rings. The van der Waals surface area contributed by atoms with Gasteiger partial charge in [-0.25, -0.2) is 4.98 Å². The highest BCUT2D eigenvalue weighted by atomic mass is 16.5. The molecule has 0 spiro atoms. The van der Waals surface area contributed by atoms with E-state index in [4.69, 9.17) is 10.5 Å². The summed E-state index contributed by atoms with van der Waals surface area (Å²) in [5, 5.41) is 0. The Morgan fingerprint density at radius 2 is 1.95 bits per heavy atom. The minimum Gasteiger partial charge on any atom is -0.481 e. The summed E-state index contributed by atoms with van der Waals surface area (Å²) in [6, 6.07) is 14.6. The molecule has 1 fully saturated rings. The molecule has 4 heteroatoms. The van der Waals surface area contributed by atoms with Gasteiger partial charge < -0.3 is 10.5 Å². The maximum absolute atomic E-state index is 6.07. The minimum absolute atomic E-state index is 0.651. The first-order valence-corrected chi connectivity index (χ1v) is 7.33. The minimum atomic E-state index is 0.651. The summed E-state index contributed by atoms with van der Waals surface area (Å²) < 4.78 is 5.20. The maximum Gasteiger partial charge on any atom is 0.213 e. The largest absolute Gasteiger partial charge is 0.481 e. The van der Waals surface area contributed by atoms with Crippen molar-refractivity contribution in [3.63, 3.8) is 0 Å². The molecule has 1 saturated carbocycles. The van der Waals surface area contributed by atoms with Crippen molar-refractivity contribution in [1.82, 2.24) is 9.88 Å². The lowest BCUT2D eigenvalue weighted by molar-refractivity contribution is 0.242. The van der Waals surface area contributed by atoms with Crippen molar-refractivity contribution in [1.29, 1.82) is 0 Å². The van der Waals surface area contributed by atoms with Crippen LogP contribution < -0.4 is 10.5 Å². The average molecular weight is 283 g/mol. The van der Waals surface area contributed by atoms with Crippen molar-refractivity contribution >= 4 is 5.69 Å². The van der Waals surface area contributed by atoms with Gasteiger partial charge in [0.15, 0.2) is 0 Å². The third-order valence-electron chi connectivity index (χ3n) is 3.85. The second-order valence-electron chi connectivity index (χ2n) is 5.51. The van der Waals surface area contributed by atoms with E-state index in [1.807, 2.05) is 36.4 Å². The summed E-state index contributed by atoms with van der Waals surface area (Å²) in [5.41, 5.74) is 9.15. The first kappa shape index (κ1) is 13.9. The van der Waals surface area contributed by atoms with Gasteiger partial charge in [0, 0.05) is 30.9 Å². The zero-order valence-corrected chi connectivity index (χ0v) is 12.3. The van der Waals surface area contributed by atoms with Crippen molar-refractivity contribution in [2.24, 2.45) is 0 Å². The second-order valence-corrected chi connectivity index (χ2v) is 5.51. The topological polar surface area (TPSA) is 51.4 Å². The van der Waals surface area contributed by atoms with E-state index in [2.05, 4.69) is 16.0 Å². The van der Waals surface area contributed by atoms with Gasteiger partial charge in [0.05, 0.1) is 12.8 Å². The molecule has 110 valence electrons. The van der Waals surface area contributed by atoms with Crippen LogP contribution in [-0.2, 0) is 13.1 Å². The van der Waals surface area contributed by atoms with E-state index in [1.54, 1.807) is 7.11 Å². The smallest absolute Gasteiger partial charge is 0.213 e. The number of para-hydroxylation sites is 1. The highest BCUT2D eigenvalue weighted by Gasteiger charge is 2.29. The van der Waals surface area contributed by atoms with Crippen molar-refractivity contribution in [3.8, 4) is 5.88 Å². The summed E-state index contributed by atoms with van der Waals surface area (Å²) >= 11 is 0. The number of benzene rings is 1. The molecule has 4 nitrogen and oxygen atoms in total. The number of aromatic nitrogens is 1. The van der Waals surface area contributed by atoms with Gasteiger partial charge in [-0.15, -0.1) is 0 Å². The van der Waals surface area contributed by atoms with Crippen molar-refractivity contribution in [3.05, 3.63) is 53.7 Å². The van der Waals surface area contributed by atoms with Crippen LogP contribution in [0.2, 0.25) is 0 Å². The van der Waals surface area contributed by atoms with Crippen LogP contribution in [0.15, 0.2) is 42.5 Å². The number of pyridine rings is 1. The number of nitrogen functional groups attached to an aromatic ring is 1. The number of ether oxygens (including phenoxy) is 1. The van der Waals surface area contributed by atoms with Gasteiger partial charge in [-0.1, -0.05) is 24.3 Å². The lowest BCUT2D eigenvalue weighted by Crippen LogP contribution is -2.26. The Hall–Kier alpha value is -2.07. The lowest BCUT2D eigenvalue weighted by atomic mass is 10.1. The average Bonchev–Trinajstić information content (AvgIpc) is 3.34. The Morgan fingerprint density at radius 3 is 2.67 bits per heavy atom. The SMILES string of the molecule is COc1cccc(CN(Cc2ccccc2N)C2CC2)n1. The van der Waals surface area contributed by atoms with Crippen LogP contribution in [0.5, 0.6) is 5.88 Å². The zero-order valence-electron chi connectivity index (χ0n) is 12.3. The molecule has 1 aromatic heterocycles. The van der Waals surface area contributed by atoms with Gasteiger partial charge in [0.25, 0.3) is 0 Å². The van der Waals surface area contributed by atoms with Gasteiger partial charge >= 0.3 is 0 Å². The molecular weight excluding hydrogens is 262 g/mol. The Balaban J connectivity index is 1.74. The van der Waals surface area contributed by atoms with Crippen LogP contribution in [-0.4, -0.2) is 23.0 Å². The summed E-state index contributed by atoms with van der Waals surface area (Å²) in [5.74, 6) is 0.669. The first-order chi connectivity index (χ1) is 10.3. The third kappa shape index (κ3) is 3.52. The molecule has 0 unspecified atom stereocenters. The zero-order chi connectivity index (χ0) is 14.7. The van der Waals surface area contributed by atoms with E-state index in [1.165, 1.54) is 18.4 Å². The quantitative estimate of drug-likeness (QED) is 0.828. The summed E-state index contributed by atoms with van der Waals surface area (Å²) in [6.45, 7) is 1.70. The van der Waals surface area contributed by atoms with Crippen LogP contribution in [0, 0.1) is 0 Å². The van der Waals surface area contributed by atoms with Gasteiger partial charge in [0.1, 0.15) is 0 Å². The molecule has 1 aromatic carbocycles. The maximum atomic E-state index is 6.07. The molecule has 1 aliphatic carbocycles. The number of methoxy groups -OCH3 is 1. The molecule has 0 bridgehead atoms. The van der Waals surface area contributed by atoms with Gasteiger partial charge in [-0.3, -0.25) is 4.90 Å². The standard InChI is InChI=1S/C17H21N3O/c1-21-17-8-4-6-14(19-17)12-20(15-9-10-15)11-13-5-2-3-7-16(13)18/h2-8,15H,9-12,18H2,1H3. The molecule has 2 N–H and O–H groups in total. The fourth-order valence-electron chi connectivity index (χ4n) is 2.52. The van der Waals surface area contributed by atoms with Crippen LogP contribution in [0.3, 0.4) is 0 Å². The highest BCUT2D eigenvalue weighted by Crippen LogP contribution is 2.30. The van der Waals surface area contributed by atoms with Crippen LogP contribution >= 0.6 is 0 Å². The molecule has 1 heterocycles. The molecule has 2 aromatic rings. The summed E-state index contributed by atoms with van der Waals surface area (Å²) in [6.07, 6.45) is 2.52. The number of anilines is 1. The number of rotatable bonds is 6. The number of hydrogen-bond acceptors (Lipinski definition) is 4. The van der Waals surface area contributed by atoms with Crippen molar-refractivity contribution < 1.29 is 4.74 Å². The van der Waals surface area contributed by atoms with E-state index < -0.39 is 0 Å². The predicted molar refractivity (Wildman–Crippen MR) is 83.9 cm³/mol. The fraction of sp³-hybridized carbons (Fsp3) is 0.353. The Bertz CT molecular complexity index is 610. The predicted octanol–water partition coefficient (Wildman–Crippen LogP) is 2.84. The molecule has 21 heavy (non-hydrogen) atoms. The highest BCUT2D eigenvalue weighted by molar-refractivity contribution is 5.46. The van der Waals surface area contributed by atoms with Crippen LogP contribution in [0.25, 0.3) is 0 Å². The monoisotopic (exact) mass is 283 g/mol. The molecule has 0 amide bonds. The second kappa shape index (κ2) is 6.14. The van der Waals surface area contributed by atoms with E-state index in [0.717, 1.165) is 24.5 Å². The molecule has 3 rings (SSSR count). The molecule has 0 atom stereocenters. The lowest BCUT2D eigenvalue weighted by Gasteiger charge is -2.22. The normalized spacial score (nSPS) is 14.4. The molecule has 0 saturated heterocycles. The van der Waals surface area contributed by atoms with Crippen molar-refractivity contribution in [2.45, 2.75) is 32.0 Å². The van der Waals surface area contributed by atoms with Crippen LogP contribution in [0.4, 0.5) is 5.69 Å². The number of nitrogens with two attached hydrogens (primary N) is 1. The van der Waals surface area contributed by atoms with E-state index >= 15 is 0 Å². The van der Waals surface area contributed by atoms with Gasteiger partial charge in [0.2, 0.25) is 5.88 Å². The Morgan fingerprint density at radius 1 is 1.14 bits per heavy atom. The Labute approximate surface area is 125 Å². The van der Waals surface area contributed by atoms with E-state index in [9.17, 15) is 0 Å². The molecule has 0 radical (unpaired) electrons. The fourth-order valence-corrected chi connectivity index (χ4v) is 2.52. The molecular formula is C17H21N3O. The summed E-state index contributed by atoms with van der Waals surface area (Å²) in [7, 11) is 1.65. The summed E-state index contributed by atoms with van der Waals surface area (Å²) in [4.78, 5) is 6.96. The third-order valence-corrected chi connectivity index (χ3v) is 3.85. The van der Waals surface area contributed by atoms with Gasteiger partial charge in [-0.2, -0.15) is 0 Å².